The third kappa shape index (κ3) is 4.25. The van der Waals surface area contributed by atoms with Crippen molar-refractivity contribution in [3.05, 3.63) is 35.9 Å². The van der Waals surface area contributed by atoms with E-state index < -0.39 is 6.04 Å². The molecular formula is C16H21NO3. The maximum Gasteiger partial charge on any atom is 0.175 e. The van der Waals surface area contributed by atoms with Crippen molar-refractivity contribution in [2.24, 2.45) is 11.7 Å². The quantitative estimate of drug-likeness (QED) is 0.824. The average Bonchev–Trinajstić information content (AvgIpc) is 2.85. The van der Waals surface area contributed by atoms with Gasteiger partial charge in [0.1, 0.15) is 12.4 Å². The van der Waals surface area contributed by atoms with E-state index in [4.69, 9.17) is 10.5 Å². The first-order chi connectivity index (χ1) is 9.66. The number of carbonyl (C=O) groups is 2. The molecular weight excluding hydrogens is 254 g/mol. The van der Waals surface area contributed by atoms with E-state index in [1.807, 2.05) is 30.3 Å². The molecule has 0 radical (unpaired) electrons. The third-order valence-corrected chi connectivity index (χ3v) is 3.74. The van der Waals surface area contributed by atoms with Gasteiger partial charge in [-0.1, -0.05) is 30.3 Å². The molecule has 1 aromatic carbocycles. The summed E-state index contributed by atoms with van der Waals surface area (Å²) in [5.74, 6) is 0.0992. The fourth-order valence-corrected chi connectivity index (χ4v) is 2.53. The largest absolute Gasteiger partial charge is 0.369 e. The van der Waals surface area contributed by atoms with Crippen LogP contribution in [0, 0.1) is 5.92 Å². The SMILES string of the molecule is N[C@@H](C[C@@H]1CCCC1=O)C(=O)COCc1ccccc1. The minimum atomic E-state index is -0.585. The van der Waals surface area contributed by atoms with Crippen LogP contribution in [-0.2, 0) is 20.9 Å². The fraction of sp³-hybridized carbons (Fsp3) is 0.500. The van der Waals surface area contributed by atoms with E-state index in [9.17, 15) is 9.59 Å². The zero-order chi connectivity index (χ0) is 14.4. The number of hydrogen-bond donors (Lipinski definition) is 1. The molecule has 0 saturated heterocycles. The Morgan fingerprint density at radius 1 is 1.35 bits per heavy atom. The average molecular weight is 275 g/mol. The van der Waals surface area contributed by atoms with Crippen LogP contribution in [0.4, 0.5) is 0 Å². The molecule has 2 atom stereocenters. The third-order valence-electron chi connectivity index (χ3n) is 3.74. The summed E-state index contributed by atoms with van der Waals surface area (Å²) in [4.78, 5) is 23.4. The zero-order valence-electron chi connectivity index (χ0n) is 11.6. The minimum absolute atomic E-state index is 0.0109. The Balaban J connectivity index is 1.70. The molecule has 2 N–H and O–H groups in total. The van der Waals surface area contributed by atoms with Gasteiger partial charge in [0.05, 0.1) is 12.6 Å². The Morgan fingerprint density at radius 3 is 2.75 bits per heavy atom. The highest BCUT2D eigenvalue weighted by atomic mass is 16.5. The Labute approximate surface area is 119 Å². The van der Waals surface area contributed by atoms with Crippen LogP contribution < -0.4 is 5.73 Å². The molecule has 1 aliphatic carbocycles. The summed E-state index contributed by atoms with van der Waals surface area (Å²) in [6.07, 6.45) is 2.89. The van der Waals surface area contributed by atoms with E-state index in [-0.39, 0.29) is 24.1 Å². The van der Waals surface area contributed by atoms with Gasteiger partial charge in [0, 0.05) is 12.3 Å². The topological polar surface area (TPSA) is 69.4 Å². The first-order valence-electron chi connectivity index (χ1n) is 7.09. The number of hydrogen-bond acceptors (Lipinski definition) is 4. The Kier molecular flexibility index (Phi) is 5.44. The van der Waals surface area contributed by atoms with Crippen molar-refractivity contribution < 1.29 is 14.3 Å². The van der Waals surface area contributed by atoms with Gasteiger partial charge >= 0.3 is 0 Å². The van der Waals surface area contributed by atoms with Crippen LogP contribution in [0.25, 0.3) is 0 Å². The van der Waals surface area contributed by atoms with Gasteiger partial charge in [-0.25, -0.2) is 0 Å². The van der Waals surface area contributed by atoms with Gasteiger partial charge in [-0.05, 0) is 24.8 Å². The predicted molar refractivity (Wildman–Crippen MR) is 76.0 cm³/mol. The molecule has 4 heteroatoms. The maximum atomic E-state index is 11.9. The summed E-state index contributed by atoms with van der Waals surface area (Å²) in [6, 6.07) is 9.10. The van der Waals surface area contributed by atoms with Crippen molar-refractivity contribution in [2.75, 3.05) is 6.61 Å². The summed E-state index contributed by atoms with van der Waals surface area (Å²) in [5.41, 5.74) is 6.88. The van der Waals surface area contributed by atoms with Crippen LogP contribution in [-0.4, -0.2) is 24.2 Å². The van der Waals surface area contributed by atoms with Crippen molar-refractivity contribution in [1.82, 2.24) is 0 Å². The molecule has 0 aliphatic heterocycles. The van der Waals surface area contributed by atoms with Gasteiger partial charge in [-0.2, -0.15) is 0 Å². The lowest BCUT2D eigenvalue weighted by atomic mass is 9.96. The Morgan fingerprint density at radius 2 is 2.10 bits per heavy atom. The van der Waals surface area contributed by atoms with Gasteiger partial charge in [-0.3, -0.25) is 9.59 Å². The highest BCUT2D eigenvalue weighted by Crippen LogP contribution is 2.25. The van der Waals surface area contributed by atoms with Gasteiger partial charge in [-0.15, -0.1) is 0 Å². The monoisotopic (exact) mass is 275 g/mol. The van der Waals surface area contributed by atoms with E-state index >= 15 is 0 Å². The van der Waals surface area contributed by atoms with Gasteiger partial charge in [0.2, 0.25) is 0 Å². The molecule has 0 unspecified atom stereocenters. The lowest BCUT2D eigenvalue weighted by Gasteiger charge is -2.14. The van der Waals surface area contributed by atoms with Crippen molar-refractivity contribution in [2.45, 2.75) is 38.3 Å². The van der Waals surface area contributed by atoms with Crippen LogP contribution in [0.1, 0.15) is 31.2 Å². The molecule has 0 bridgehead atoms. The second-order valence-corrected chi connectivity index (χ2v) is 5.34. The van der Waals surface area contributed by atoms with Crippen molar-refractivity contribution in [1.29, 1.82) is 0 Å². The van der Waals surface area contributed by atoms with E-state index in [0.717, 1.165) is 18.4 Å². The molecule has 2 rings (SSSR count). The van der Waals surface area contributed by atoms with Crippen molar-refractivity contribution >= 4 is 11.6 Å². The molecule has 0 aromatic heterocycles. The summed E-state index contributed by atoms with van der Waals surface area (Å²) in [6.45, 7) is 0.415. The first kappa shape index (κ1) is 14.9. The molecule has 1 fully saturated rings. The molecule has 108 valence electrons. The van der Waals surface area contributed by atoms with Crippen LogP contribution in [0.3, 0.4) is 0 Å². The number of ketones is 2. The molecule has 0 heterocycles. The highest BCUT2D eigenvalue weighted by Gasteiger charge is 2.28. The Hall–Kier alpha value is -1.52. The number of ether oxygens (including phenoxy) is 1. The lowest BCUT2D eigenvalue weighted by Crippen LogP contribution is -2.36. The van der Waals surface area contributed by atoms with Gasteiger partial charge < -0.3 is 10.5 Å². The normalized spacial score (nSPS) is 20.1. The van der Waals surface area contributed by atoms with Crippen molar-refractivity contribution in [3.8, 4) is 0 Å². The number of nitrogens with two attached hydrogens (primary N) is 1. The van der Waals surface area contributed by atoms with Crippen LogP contribution in [0.5, 0.6) is 0 Å². The minimum Gasteiger partial charge on any atom is -0.369 e. The van der Waals surface area contributed by atoms with Crippen LogP contribution in [0.15, 0.2) is 30.3 Å². The molecule has 20 heavy (non-hydrogen) atoms. The second-order valence-electron chi connectivity index (χ2n) is 5.34. The number of Topliss-reactive ketones (excluding diaryl/α,β-unsaturated/α-hetero) is 2. The number of benzene rings is 1. The van der Waals surface area contributed by atoms with E-state index in [0.29, 0.717) is 19.4 Å². The number of rotatable bonds is 7. The first-order valence-corrected chi connectivity index (χ1v) is 7.09. The maximum absolute atomic E-state index is 11.9. The Bertz CT molecular complexity index is 458. The molecule has 0 amide bonds. The smallest absolute Gasteiger partial charge is 0.175 e. The summed E-state index contributed by atoms with van der Waals surface area (Å²) in [5, 5.41) is 0. The molecule has 0 spiro atoms. The highest BCUT2D eigenvalue weighted by molar-refractivity contribution is 5.87. The summed E-state index contributed by atoms with van der Waals surface area (Å²) in [7, 11) is 0. The van der Waals surface area contributed by atoms with Crippen molar-refractivity contribution in [3.63, 3.8) is 0 Å². The molecule has 4 nitrogen and oxygen atoms in total. The fourth-order valence-electron chi connectivity index (χ4n) is 2.53. The standard InChI is InChI=1S/C16H21NO3/c17-14(9-13-7-4-8-15(13)18)16(19)11-20-10-12-5-2-1-3-6-12/h1-3,5-6,13-14H,4,7-11,17H2/t13-,14-/m0/s1. The van der Waals surface area contributed by atoms with E-state index in [2.05, 4.69) is 0 Å². The number of carbonyl (C=O) groups excluding carboxylic acids is 2. The summed E-state index contributed by atoms with van der Waals surface area (Å²) < 4.78 is 5.38. The van der Waals surface area contributed by atoms with Crippen LogP contribution >= 0.6 is 0 Å². The van der Waals surface area contributed by atoms with Gasteiger partial charge in [0.25, 0.3) is 0 Å². The van der Waals surface area contributed by atoms with Gasteiger partial charge in [0.15, 0.2) is 5.78 Å². The lowest BCUT2D eigenvalue weighted by molar-refractivity contribution is -0.126. The molecule has 1 saturated carbocycles. The molecule has 1 aliphatic rings. The van der Waals surface area contributed by atoms with Crippen LogP contribution in [0.2, 0.25) is 0 Å². The zero-order valence-corrected chi connectivity index (χ0v) is 11.6. The summed E-state index contributed by atoms with van der Waals surface area (Å²) >= 11 is 0. The predicted octanol–water partition coefficient (Wildman–Crippen LogP) is 1.86. The second kappa shape index (κ2) is 7.31. The van der Waals surface area contributed by atoms with E-state index in [1.54, 1.807) is 0 Å². The molecule has 1 aromatic rings. The van der Waals surface area contributed by atoms with E-state index in [1.165, 1.54) is 0 Å².